The van der Waals surface area contributed by atoms with Crippen molar-refractivity contribution in [1.29, 1.82) is 0 Å². The molecule has 102 valence electrons. The molecule has 0 atom stereocenters. The monoisotopic (exact) mass is 284 g/mol. The van der Waals surface area contributed by atoms with E-state index in [1.807, 2.05) is 38.2 Å². The van der Waals surface area contributed by atoms with Gasteiger partial charge in [0.2, 0.25) is 0 Å². The number of nitrogens with zero attached hydrogens (tertiary/aromatic N) is 1. The van der Waals surface area contributed by atoms with Crippen LogP contribution in [0.3, 0.4) is 0 Å². The van der Waals surface area contributed by atoms with Gasteiger partial charge < -0.3 is 9.73 Å². The van der Waals surface area contributed by atoms with Crippen LogP contribution < -0.4 is 5.32 Å². The molecule has 0 aliphatic heterocycles. The summed E-state index contributed by atoms with van der Waals surface area (Å²) >= 11 is 1.77. The molecule has 1 aromatic carbocycles. The van der Waals surface area contributed by atoms with E-state index in [1.54, 1.807) is 18.0 Å². The Hall–Kier alpha value is -1.94. The second kappa shape index (κ2) is 5.59. The third-order valence-corrected chi connectivity index (χ3v) is 4.42. The van der Waals surface area contributed by atoms with Gasteiger partial charge in [0.05, 0.1) is 11.8 Å². The van der Waals surface area contributed by atoms with Crippen LogP contribution >= 0.6 is 11.8 Å². The molecule has 2 heterocycles. The first-order valence-corrected chi connectivity index (χ1v) is 7.50. The molecule has 0 saturated carbocycles. The topological polar surface area (TPSA) is 38.1 Å². The van der Waals surface area contributed by atoms with E-state index in [0.29, 0.717) is 0 Å². The summed E-state index contributed by atoms with van der Waals surface area (Å²) in [5.74, 6) is 2.78. The van der Waals surface area contributed by atoms with Crippen molar-refractivity contribution < 1.29 is 4.42 Å². The fourth-order valence-electron chi connectivity index (χ4n) is 2.16. The quantitative estimate of drug-likeness (QED) is 0.717. The van der Waals surface area contributed by atoms with Gasteiger partial charge >= 0.3 is 0 Å². The fraction of sp³-hybridized carbons (Fsp3) is 0.188. The van der Waals surface area contributed by atoms with Gasteiger partial charge in [-0.15, -0.1) is 11.8 Å². The maximum absolute atomic E-state index is 5.33. The van der Waals surface area contributed by atoms with Crippen molar-refractivity contribution in [3.8, 4) is 0 Å². The summed E-state index contributed by atoms with van der Waals surface area (Å²) in [5.41, 5.74) is 2.22. The fourth-order valence-corrected chi connectivity index (χ4v) is 3.10. The molecule has 3 nitrogen and oxygen atoms in total. The zero-order valence-corrected chi connectivity index (χ0v) is 12.3. The molecule has 0 aliphatic carbocycles. The van der Waals surface area contributed by atoms with E-state index in [1.165, 1.54) is 15.8 Å². The smallest absolute Gasteiger partial charge is 0.130 e. The lowest BCUT2D eigenvalue weighted by Crippen LogP contribution is -1.98. The number of pyridine rings is 1. The number of furan rings is 1. The number of rotatable bonds is 4. The van der Waals surface area contributed by atoms with Gasteiger partial charge in [-0.25, -0.2) is 4.98 Å². The third-order valence-electron chi connectivity index (χ3n) is 3.23. The van der Waals surface area contributed by atoms with Crippen LogP contribution in [0.25, 0.3) is 10.9 Å². The minimum absolute atomic E-state index is 0.869. The van der Waals surface area contributed by atoms with Crippen LogP contribution in [0.2, 0.25) is 0 Å². The number of benzene rings is 1. The van der Waals surface area contributed by atoms with E-state index in [-0.39, 0.29) is 0 Å². The standard InChI is InChI=1S/C16H16N2OS/c1-11-15(7-8-19-11)20-10-13-9-12-5-3-4-6-14(12)18-16(13)17-2/h3-9H,10H2,1-2H3,(H,17,18). The van der Waals surface area contributed by atoms with Gasteiger partial charge in [0.15, 0.2) is 0 Å². The molecule has 0 aliphatic rings. The van der Waals surface area contributed by atoms with Crippen molar-refractivity contribution in [2.24, 2.45) is 0 Å². The molecule has 0 fully saturated rings. The van der Waals surface area contributed by atoms with E-state index >= 15 is 0 Å². The predicted molar refractivity (Wildman–Crippen MR) is 84.3 cm³/mol. The summed E-state index contributed by atoms with van der Waals surface area (Å²) in [7, 11) is 1.91. The summed E-state index contributed by atoms with van der Waals surface area (Å²) in [6, 6.07) is 12.4. The van der Waals surface area contributed by atoms with Gasteiger partial charge in [0.25, 0.3) is 0 Å². The number of anilines is 1. The van der Waals surface area contributed by atoms with Crippen LogP contribution in [0.4, 0.5) is 5.82 Å². The van der Waals surface area contributed by atoms with Crippen LogP contribution in [0.5, 0.6) is 0 Å². The van der Waals surface area contributed by atoms with Crippen LogP contribution in [0, 0.1) is 6.92 Å². The van der Waals surface area contributed by atoms with Gasteiger partial charge in [-0.1, -0.05) is 18.2 Å². The first-order chi connectivity index (χ1) is 9.78. The number of aryl methyl sites for hydroxylation is 1. The molecule has 4 heteroatoms. The highest BCUT2D eigenvalue weighted by molar-refractivity contribution is 7.98. The van der Waals surface area contributed by atoms with Gasteiger partial charge in [-0.3, -0.25) is 0 Å². The molecule has 0 bridgehead atoms. The van der Waals surface area contributed by atoms with Crippen LogP contribution in [0.15, 0.2) is 52.0 Å². The SMILES string of the molecule is CNc1nc2ccccc2cc1CSc1ccoc1C. The summed E-state index contributed by atoms with van der Waals surface area (Å²) in [6.07, 6.45) is 1.73. The molecule has 2 aromatic heterocycles. The first kappa shape index (κ1) is 13.1. The molecule has 0 spiro atoms. The zero-order valence-electron chi connectivity index (χ0n) is 11.5. The van der Waals surface area contributed by atoms with E-state index in [0.717, 1.165) is 22.8 Å². The largest absolute Gasteiger partial charge is 0.468 e. The lowest BCUT2D eigenvalue weighted by molar-refractivity contribution is 0.527. The van der Waals surface area contributed by atoms with E-state index in [2.05, 4.69) is 22.4 Å². The minimum atomic E-state index is 0.869. The highest BCUT2D eigenvalue weighted by Gasteiger charge is 2.08. The van der Waals surface area contributed by atoms with Crippen LogP contribution in [0.1, 0.15) is 11.3 Å². The summed E-state index contributed by atoms with van der Waals surface area (Å²) < 4.78 is 5.33. The first-order valence-electron chi connectivity index (χ1n) is 6.51. The molecule has 0 saturated heterocycles. The van der Waals surface area contributed by atoms with E-state index in [4.69, 9.17) is 4.42 Å². The summed E-state index contributed by atoms with van der Waals surface area (Å²) in [6.45, 7) is 1.99. The number of fused-ring (bicyclic) bond motifs is 1. The highest BCUT2D eigenvalue weighted by Crippen LogP contribution is 2.30. The van der Waals surface area contributed by atoms with Crippen molar-refractivity contribution in [1.82, 2.24) is 4.98 Å². The van der Waals surface area contributed by atoms with Gasteiger partial charge in [-0.05, 0) is 25.1 Å². The van der Waals surface area contributed by atoms with E-state index in [9.17, 15) is 0 Å². The Bertz CT molecular complexity index is 736. The molecular formula is C16H16N2OS. The summed E-state index contributed by atoms with van der Waals surface area (Å²) in [5, 5.41) is 4.36. The minimum Gasteiger partial charge on any atom is -0.468 e. The number of para-hydroxylation sites is 1. The molecule has 0 unspecified atom stereocenters. The van der Waals surface area contributed by atoms with Gasteiger partial charge in [0, 0.05) is 28.6 Å². The number of nitrogens with one attached hydrogen (secondary N) is 1. The Balaban J connectivity index is 1.91. The normalized spacial score (nSPS) is 10.9. The Kier molecular flexibility index (Phi) is 3.65. The number of hydrogen-bond acceptors (Lipinski definition) is 4. The lowest BCUT2D eigenvalue weighted by atomic mass is 10.1. The maximum Gasteiger partial charge on any atom is 0.130 e. The van der Waals surface area contributed by atoms with Crippen molar-refractivity contribution >= 4 is 28.5 Å². The molecule has 1 N–H and O–H groups in total. The second-order valence-corrected chi connectivity index (χ2v) is 5.59. The summed E-state index contributed by atoms with van der Waals surface area (Å²) in [4.78, 5) is 5.85. The zero-order chi connectivity index (χ0) is 13.9. The number of hydrogen-bond donors (Lipinski definition) is 1. The second-order valence-electron chi connectivity index (χ2n) is 4.57. The Morgan fingerprint density at radius 1 is 1.25 bits per heavy atom. The Labute approximate surface area is 122 Å². The van der Waals surface area contributed by atoms with Gasteiger partial charge in [-0.2, -0.15) is 0 Å². The molecule has 3 rings (SSSR count). The Morgan fingerprint density at radius 3 is 2.85 bits per heavy atom. The molecule has 0 radical (unpaired) electrons. The molecule has 20 heavy (non-hydrogen) atoms. The van der Waals surface area contributed by atoms with Crippen molar-refractivity contribution in [3.05, 3.63) is 54.0 Å². The molecule has 0 amide bonds. The maximum atomic E-state index is 5.33. The van der Waals surface area contributed by atoms with Crippen molar-refractivity contribution in [2.45, 2.75) is 17.6 Å². The van der Waals surface area contributed by atoms with Crippen molar-refractivity contribution in [3.63, 3.8) is 0 Å². The average molecular weight is 284 g/mol. The molecular weight excluding hydrogens is 268 g/mol. The lowest BCUT2D eigenvalue weighted by Gasteiger charge is -2.09. The van der Waals surface area contributed by atoms with Crippen LogP contribution in [-0.4, -0.2) is 12.0 Å². The average Bonchev–Trinajstić information content (AvgIpc) is 2.89. The van der Waals surface area contributed by atoms with Crippen molar-refractivity contribution in [2.75, 3.05) is 12.4 Å². The van der Waals surface area contributed by atoms with Crippen LogP contribution in [-0.2, 0) is 5.75 Å². The van der Waals surface area contributed by atoms with Gasteiger partial charge in [0.1, 0.15) is 11.6 Å². The Morgan fingerprint density at radius 2 is 2.10 bits per heavy atom. The number of aromatic nitrogens is 1. The van der Waals surface area contributed by atoms with E-state index < -0.39 is 0 Å². The molecule has 3 aromatic rings. The number of thioether (sulfide) groups is 1. The highest BCUT2D eigenvalue weighted by atomic mass is 32.2. The third kappa shape index (κ3) is 2.51. The predicted octanol–water partition coefficient (Wildman–Crippen LogP) is 4.47.